The molecule has 0 radical (unpaired) electrons. The predicted molar refractivity (Wildman–Crippen MR) is 110 cm³/mol. The minimum Gasteiger partial charge on any atom is -0.367 e. The number of nitrogens with zero attached hydrogens (tertiary/aromatic N) is 2. The van der Waals surface area contributed by atoms with Crippen LogP contribution in [0.5, 0.6) is 0 Å². The van der Waals surface area contributed by atoms with Crippen LogP contribution in [0, 0.1) is 18.7 Å². The molecule has 3 fully saturated rings. The lowest BCUT2D eigenvalue weighted by Gasteiger charge is -2.36. The van der Waals surface area contributed by atoms with Crippen LogP contribution in [0.1, 0.15) is 37.7 Å². The van der Waals surface area contributed by atoms with Crippen LogP contribution in [-0.2, 0) is 9.59 Å². The molecule has 3 aliphatic rings. The molecule has 152 valence electrons. The van der Waals surface area contributed by atoms with Gasteiger partial charge in [-0.15, -0.1) is 11.8 Å². The van der Waals surface area contributed by atoms with E-state index in [-0.39, 0.29) is 35.6 Å². The normalized spacial score (nSPS) is 25.5. The zero-order valence-electron chi connectivity index (χ0n) is 16.3. The summed E-state index contributed by atoms with van der Waals surface area (Å²) in [5.41, 5.74) is 1.63. The van der Waals surface area contributed by atoms with Gasteiger partial charge in [0, 0.05) is 30.8 Å². The minimum atomic E-state index is -0.371. The van der Waals surface area contributed by atoms with E-state index < -0.39 is 0 Å². The molecule has 7 heteroatoms. The molecule has 2 amide bonds. The maximum absolute atomic E-state index is 14.3. The Morgan fingerprint density at radius 2 is 2.04 bits per heavy atom. The number of carbonyl (C=O) groups excluding carboxylic acids is 2. The fourth-order valence-corrected chi connectivity index (χ4v) is 5.41. The van der Waals surface area contributed by atoms with Crippen LogP contribution in [-0.4, -0.2) is 53.5 Å². The number of carbonyl (C=O) groups is 2. The molecule has 0 bridgehead atoms. The lowest BCUT2D eigenvalue weighted by molar-refractivity contribution is -0.143. The Morgan fingerprint density at radius 1 is 1.21 bits per heavy atom. The second-order valence-electron chi connectivity index (χ2n) is 8.20. The van der Waals surface area contributed by atoms with Gasteiger partial charge in [0.1, 0.15) is 11.9 Å². The number of hydrogen-bond donors (Lipinski definition) is 1. The Balaban J connectivity index is 1.38. The third-order valence-electron chi connectivity index (χ3n) is 6.13. The summed E-state index contributed by atoms with van der Waals surface area (Å²) >= 11 is 1.65. The highest BCUT2D eigenvalue weighted by Crippen LogP contribution is 2.32. The number of hydrogen-bond acceptors (Lipinski definition) is 4. The molecule has 0 aromatic heterocycles. The molecular formula is C21H28FN3O2S. The van der Waals surface area contributed by atoms with Gasteiger partial charge in [0.15, 0.2) is 0 Å². The molecule has 1 saturated carbocycles. The molecule has 0 spiro atoms. The first-order valence-corrected chi connectivity index (χ1v) is 11.4. The summed E-state index contributed by atoms with van der Waals surface area (Å²) in [6.07, 6.45) is 4.80. The van der Waals surface area contributed by atoms with Crippen molar-refractivity contribution in [3.8, 4) is 0 Å². The summed E-state index contributed by atoms with van der Waals surface area (Å²) < 4.78 is 14.3. The van der Waals surface area contributed by atoms with Crippen molar-refractivity contribution < 1.29 is 14.0 Å². The predicted octanol–water partition coefficient (Wildman–Crippen LogP) is 2.92. The number of halogens is 1. The van der Waals surface area contributed by atoms with Gasteiger partial charge in [-0.2, -0.15) is 0 Å². The number of nitrogens with one attached hydrogen (secondary N) is 1. The average Bonchev–Trinajstić information content (AvgIpc) is 3.12. The first kappa shape index (κ1) is 19.6. The van der Waals surface area contributed by atoms with Crippen LogP contribution in [0.2, 0.25) is 0 Å². The highest BCUT2D eigenvalue weighted by Gasteiger charge is 2.40. The molecule has 2 atom stereocenters. The number of piperidine rings is 1. The zero-order valence-corrected chi connectivity index (χ0v) is 17.1. The molecular weight excluding hydrogens is 377 g/mol. The molecule has 1 N–H and O–H groups in total. The van der Waals surface area contributed by atoms with Crippen LogP contribution in [0.15, 0.2) is 18.2 Å². The second kappa shape index (κ2) is 8.31. The summed E-state index contributed by atoms with van der Waals surface area (Å²) in [6, 6.07) is 4.75. The molecule has 5 nitrogen and oxygen atoms in total. The maximum Gasteiger partial charge on any atom is 0.243 e. The van der Waals surface area contributed by atoms with Gasteiger partial charge in [0.2, 0.25) is 11.8 Å². The topological polar surface area (TPSA) is 52.7 Å². The standard InChI is InChI=1S/C21H28FN3O2S/c1-14-7-8-17(22)18(10-14)24-9-3-6-16(11-24)23-20(26)19-12-28-13-25(19)21(27)15-4-2-5-15/h7-8,10,15-16,19H,2-6,9,11-13H2,1H3,(H,23,26). The molecule has 2 unspecified atom stereocenters. The van der Waals surface area contributed by atoms with E-state index in [4.69, 9.17) is 0 Å². The number of aryl methyl sites for hydroxylation is 1. The number of amides is 2. The summed E-state index contributed by atoms with van der Waals surface area (Å²) in [4.78, 5) is 29.3. The molecule has 2 aliphatic heterocycles. The molecule has 1 aliphatic carbocycles. The Hall–Kier alpha value is -1.76. The molecule has 1 aromatic rings. The largest absolute Gasteiger partial charge is 0.367 e. The van der Waals surface area contributed by atoms with Gasteiger partial charge in [0.05, 0.1) is 11.6 Å². The average molecular weight is 406 g/mol. The molecule has 2 saturated heterocycles. The summed E-state index contributed by atoms with van der Waals surface area (Å²) in [5, 5.41) is 3.14. The van der Waals surface area contributed by atoms with Crippen molar-refractivity contribution in [3.63, 3.8) is 0 Å². The third kappa shape index (κ3) is 4.00. The van der Waals surface area contributed by atoms with Crippen LogP contribution in [0.3, 0.4) is 0 Å². The van der Waals surface area contributed by atoms with Crippen LogP contribution in [0.25, 0.3) is 0 Å². The van der Waals surface area contributed by atoms with Crippen molar-refractivity contribution in [2.75, 3.05) is 29.6 Å². The van der Waals surface area contributed by atoms with E-state index in [0.717, 1.165) is 44.2 Å². The van der Waals surface area contributed by atoms with Gasteiger partial charge >= 0.3 is 0 Å². The lowest BCUT2D eigenvalue weighted by Crippen LogP contribution is -2.55. The SMILES string of the molecule is Cc1ccc(F)c(N2CCCC(NC(=O)C3CSCN3C(=O)C3CCC3)C2)c1. The van der Waals surface area contributed by atoms with E-state index in [1.54, 1.807) is 22.7 Å². The number of rotatable bonds is 4. The fourth-order valence-electron chi connectivity index (χ4n) is 4.24. The Bertz CT molecular complexity index is 755. The first-order chi connectivity index (χ1) is 13.5. The number of thioether (sulfide) groups is 1. The molecule has 2 heterocycles. The third-order valence-corrected chi connectivity index (χ3v) is 7.14. The van der Waals surface area contributed by atoms with Crippen molar-refractivity contribution in [3.05, 3.63) is 29.6 Å². The summed E-state index contributed by atoms with van der Waals surface area (Å²) in [5.74, 6) is 1.25. The van der Waals surface area contributed by atoms with Gasteiger partial charge in [-0.05, 0) is 50.3 Å². The molecule has 1 aromatic carbocycles. The number of anilines is 1. The van der Waals surface area contributed by atoms with E-state index in [0.29, 0.717) is 23.9 Å². The van der Waals surface area contributed by atoms with Gasteiger partial charge in [0.25, 0.3) is 0 Å². The smallest absolute Gasteiger partial charge is 0.243 e. The Morgan fingerprint density at radius 3 is 2.79 bits per heavy atom. The van der Waals surface area contributed by atoms with Crippen molar-refractivity contribution in [2.24, 2.45) is 5.92 Å². The maximum atomic E-state index is 14.3. The molecule has 28 heavy (non-hydrogen) atoms. The monoisotopic (exact) mass is 405 g/mol. The van der Waals surface area contributed by atoms with Crippen LogP contribution in [0.4, 0.5) is 10.1 Å². The van der Waals surface area contributed by atoms with Gasteiger partial charge in [-0.1, -0.05) is 12.5 Å². The van der Waals surface area contributed by atoms with E-state index in [9.17, 15) is 14.0 Å². The fraction of sp³-hybridized carbons (Fsp3) is 0.619. The van der Waals surface area contributed by atoms with E-state index in [1.807, 2.05) is 17.9 Å². The Kier molecular flexibility index (Phi) is 5.80. The van der Waals surface area contributed by atoms with Crippen LogP contribution < -0.4 is 10.2 Å². The van der Waals surface area contributed by atoms with Gasteiger partial charge in [-0.25, -0.2) is 4.39 Å². The highest BCUT2D eigenvalue weighted by atomic mass is 32.2. The number of benzene rings is 1. The van der Waals surface area contributed by atoms with E-state index in [2.05, 4.69) is 5.32 Å². The zero-order chi connectivity index (χ0) is 19.7. The minimum absolute atomic E-state index is 0.0209. The van der Waals surface area contributed by atoms with Crippen molar-refractivity contribution in [2.45, 2.75) is 51.1 Å². The van der Waals surface area contributed by atoms with E-state index in [1.165, 1.54) is 6.07 Å². The Labute approximate surface area is 170 Å². The summed E-state index contributed by atoms with van der Waals surface area (Å²) in [7, 11) is 0. The van der Waals surface area contributed by atoms with Crippen molar-refractivity contribution in [1.29, 1.82) is 0 Å². The highest BCUT2D eigenvalue weighted by molar-refractivity contribution is 7.99. The van der Waals surface area contributed by atoms with Crippen molar-refractivity contribution in [1.82, 2.24) is 10.2 Å². The summed E-state index contributed by atoms with van der Waals surface area (Å²) in [6.45, 7) is 3.35. The first-order valence-electron chi connectivity index (χ1n) is 10.2. The second-order valence-corrected chi connectivity index (χ2v) is 9.20. The van der Waals surface area contributed by atoms with E-state index >= 15 is 0 Å². The van der Waals surface area contributed by atoms with Gasteiger partial charge in [-0.3, -0.25) is 9.59 Å². The lowest BCUT2D eigenvalue weighted by atomic mass is 9.84. The quantitative estimate of drug-likeness (QED) is 0.837. The molecule has 4 rings (SSSR count). The van der Waals surface area contributed by atoms with Gasteiger partial charge < -0.3 is 15.1 Å². The van der Waals surface area contributed by atoms with Crippen LogP contribution >= 0.6 is 11.8 Å². The van der Waals surface area contributed by atoms with Crippen molar-refractivity contribution >= 4 is 29.3 Å².